The van der Waals surface area contributed by atoms with Crippen molar-refractivity contribution in [3.8, 4) is 0 Å². The van der Waals surface area contributed by atoms with E-state index in [1.165, 1.54) is 0 Å². The number of piperidine rings is 1. The van der Waals surface area contributed by atoms with Crippen molar-refractivity contribution in [1.29, 1.82) is 0 Å². The summed E-state index contributed by atoms with van der Waals surface area (Å²) in [6, 6.07) is 0.203. The van der Waals surface area contributed by atoms with E-state index < -0.39 is 9.84 Å². The van der Waals surface area contributed by atoms with Gasteiger partial charge in [0.2, 0.25) is 0 Å². The highest BCUT2D eigenvalue weighted by molar-refractivity contribution is 14.0. The summed E-state index contributed by atoms with van der Waals surface area (Å²) in [5, 5.41) is 3.20. The third-order valence-corrected chi connectivity index (χ3v) is 6.12. The summed E-state index contributed by atoms with van der Waals surface area (Å²) in [6.07, 6.45) is 1.35. The molecule has 1 amide bonds. The Hall–Kier alpha value is -0.820. The van der Waals surface area contributed by atoms with Gasteiger partial charge in [-0.15, -0.1) is 24.0 Å². The van der Waals surface area contributed by atoms with Crippen LogP contribution in [-0.4, -0.2) is 93.7 Å². The molecule has 0 bridgehead atoms. The van der Waals surface area contributed by atoms with Gasteiger partial charge in [-0.2, -0.15) is 0 Å². The molecule has 2 heterocycles. The molecule has 2 aliphatic heterocycles. The first kappa shape index (κ1) is 23.2. The van der Waals surface area contributed by atoms with E-state index in [4.69, 9.17) is 10.5 Å². The van der Waals surface area contributed by atoms with Crippen LogP contribution in [0.5, 0.6) is 0 Å². The zero-order valence-corrected chi connectivity index (χ0v) is 18.4. The molecule has 0 spiro atoms. The van der Waals surface area contributed by atoms with Crippen LogP contribution in [0.15, 0.2) is 4.99 Å². The van der Waals surface area contributed by atoms with Crippen molar-refractivity contribution in [1.82, 2.24) is 15.1 Å². The Balaban J connectivity index is 0.00000338. The van der Waals surface area contributed by atoms with Crippen LogP contribution in [0.1, 0.15) is 19.8 Å². The third kappa shape index (κ3) is 7.82. The first-order valence-corrected chi connectivity index (χ1v) is 10.6. The van der Waals surface area contributed by atoms with Gasteiger partial charge in [-0.3, -0.25) is 9.89 Å². The summed E-state index contributed by atoms with van der Waals surface area (Å²) in [5.41, 5.74) is 5.92. The van der Waals surface area contributed by atoms with Gasteiger partial charge in [-0.05, 0) is 19.8 Å². The second kappa shape index (κ2) is 11.1. The molecule has 0 aromatic heterocycles. The van der Waals surface area contributed by atoms with Gasteiger partial charge in [-0.25, -0.2) is 13.2 Å². The minimum atomic E-state index is -2.84. The Kier molecular flexibility index (Phi) is 9.93. The van der Waals surface area contributed by atoms with Gasteiger partial charge in [0, 0.05) is 38.8 Å². The Morgan fingerprint density at radius 1 is 1.23 bits per heavy atom. The summed E-state index contributed by atoms with van der Waals surface area (Å²) in [4.78, 5) is 19.8. The van der Waals surface area contributed by atoms with Crippen LogP contribution in [0.25, 0.3) is 0 Å². The number of amides is 1. The van der Waals surface area contributed by atoms with Crippen molar-refractivity contribution in [3.05, 3.63) is 0 Å². The van der Waals surface area contributed by atoms with Crippen molar-refractivity contribution in [3.63, 3.8) is 0 Å². The molecule has 0 aromatic rings. The first-order valence-electron chi connectivity index (χ1n) is 8.80. The molecule has 2 aliphatic rings. The average Bonchev–Trinajstić information content (AvgIpc) is 2.57. The van der Waals surface area contributed by atoms with Gasteiger partial charge >= 0.3 is 6.09 Å². The Bertz CT molecular complexity index is 565. The van der Waals surface area contributed by atoms with Gasteiger partial charge in [0.15, 0.2) is 15.8 Å². The molecule has 2 saturated heterocycles. The maximum atomic E-state index is 11.7. The summed E-state index contributed by atoms with van der Waals surface area (Å²) < 4.78 is 27.8. The van der Waals surface area contributed by atoms with Crippen LogP contribution < -0.4 is 11.1 Å². The number of nitrogens with one attached hydrogen (secondary N) is 1. The van der Waals surface area contributed by atoms with Crippen LogP contribution in [0.4, 0.5) is 4.79 Å². The molecule has 11 heteroatoms. The molecule has 9 nitrogen and oxygen atoms in total. The average molecular weight is 503 g/mol. The van der Waals surface area contributed by atoms with E-state index in [0.717, 1.165) is 12.8 Å². The standard InChI is InChI=1S/C15H29N5O4S.HI/c1-2-24-15(21)20-6-3-13(4-7-20)18-14(16)17-5-8-19-9-11-25(22,23)12-10-19;/h13H,2-12H2,1H3,(H3,16,17,18);1H. The predicted octanol–water partition coefficient (Wildman–Crippen LogP) is -0.140. The number of guanidine groups is 1. The number of halogens is 1. The minimum absolute atomic E-state index is 0. The Labute approximate surface area is 172 Å². The lowest BCUT2D eigenvalue weighted by Gasteiger charge is -2.31. The van der Waals surface area contributed by atoms with E-state index in [0.29, 0.717) is 51.8 Å². The van der Waals surface area contributed by atoms with Crippen LogP contribution >= 0.6 is 24.0 Å². The predicted molar refractivity (Wildman–Crippen MR) is 112 cm³/mol. The van der Waals surface area contributed by atoms with E-state index >= 15 is 0 Å². The second-order valence-electron chi connectivity index (χ2n) is 6.36. The zero-order valence-electron chi connectivity index (χ0n) is 15.2. The van der Waals surface area contributed by atoms with Gasteiger partial charge in [0.25, 0.3) is 0 Å². The van der Waals surface area contributed by atoms with E-state index in [-0.39, 0.29) is 47.6 Å². The smallest absolute Gasteiger partial charge is 0.409 e. The molecular formula is C15H30IN5O4S. The minimum Gasteiger partial charge on any atom is -0.450 e. The Morgan fingerprint density at radius 3 is 2.42 bits per heavy atom. The molecule has 0 unspecified atom stereocenters. The maximum Gasteiger partial charge on any atom is 0.409 e. The van der Waals surface area contributed by atoms with E-state index in [1.807, 2.05) is 0 Å². The monoisotopic (exact) mass is 503 g/mol. The van der Waals surface area contributed by atoms with E-state index in [1.54, 1.807) is 11.8 Å². The van der Waals surface area contributed by atoms with Crippen molar-refractivity contribution in [2.75, 3.05) is 57.4 Å². The van der Waals surface area contributed by atoms with E-state index in [9.17, 15) is 13.2 Å². The highest BCUT2D eigenvalue weighted by atomic mass is 127. The zero-order chi connectivity index (χ0) is 18.3. The fourth-order valence-electron chi connectivity index (χ4n) is 2.96. The second-order valence-corrected chi connectivity index (χ2v) is 8.67. The SMILES string of the molecule is CCOC(=O)N1CCC(NC(N)=NCCN2CCS(=O)(=O)CC2)CC1.I. The molecule has 3 N–H and O–H groups in total. The molecule has 2 rings (SSSR count). The molecule has 2 fully saturated rings. The molecule has 0 saturated carbocycles. The number of rotatable bonds is 5. The number of ether oxygens (including phenoxy) is 1. The summed E-state index contributed by atoms with van der Waals surface area (Å²) in [6.45, 7) is 5.86. The lowest BCUT2D eigenvalue weighted by molar-refractivity contribution is 0.0963. The molecular weight excluding hydrogens is 473 g/mol. The molecule has 26 heavy (non-hydrogen) atoms. The van der Waals surface area contributed by atoms with Gasteiger partial charge in [-0.1, -0.05) is 0 Å². The summed E-state index contributed by atoms with van der Waals surface area (Å²) >= 11 is 0. The Morgan fingerprint density at radius 2 is 1.85 bits per heavy atom. The normalized spacial score (nSPS) is 21.7. The highest BCUT2D eigenvalue weighted by Gasteiger charge is 2.24. The van der Waals surface area contributed by atoms with Gasteiger partial charge in [0.1, 0.15) is 0 Å². The molecule has 0 atom stereocenters. The number of likely N-dealkylation sites (tertiary alicyclic amines) is 1. The van der Waals surface area contributed by atoms with Crippen LogP contribution in [0.3, 0.4) is 0 Å². The number of aliphatic imine (C=N–C) groups is 1. The largest absolute Gasteiger partial charge is 0.450 e. The van der Waals surface area contributed by atoms with Gasteiger partial charge in [0.05, 0.1) is 24.7 Å². The molecule has 0 aliphatic carbocycles. The van der Waals surface area contributed by atoms with Crippen LogP contribution in [0, 0.1) is 0 Å². The number of nitrogens with two attached hydrogens (primary N) is 1. The number of sulfone groups is 1. The summed E-state index contributed by atoms with van der Waals surface area (Å²) in [5.74, 6) is 0.853. The molecule has 152 valence electrons. The van der Waals surface area contributed by atoms with Crippen molar-refractivity contribution >= 4 is 45.9 Å². The fraction of sp³-hybridized carbons (Fsp3) is 0.867. The number of nitrogens with zero attached hydrogens (tertiary/aromatic N) is 3. The number of carbonyl (C=O) groups is 1. The van der Waals surface area contributed by atoms with Crippen LogP contribution in [0.2, 0.25) is 0 Å². The maximum absolute atomic E-state index is 11.7. The number of hydrogen-bond acceptors (Lipinski definition) is 6. The lowest BCUT2D eigenvalue weighted by Crippen LogP contribution is -2.48. The van der Waals surface area contributed by atoms with Crippen molar-refractivity contribution in [2.24, 2.45) is 10.7 Å². The molecule has 0 radical (unpaired) electrons. The third-order valence-electron chi connectivity index (χ3n) is 4.51. The van der Waals surface area contributed by atoms with Gasteiger partial charge < -0.3 is 20.7 Å². The van der Waals surface area contributed by atoms with Crippen molar-refractivity contribution in [2.45, 2.75) is 25.8 Å². The lowest BCUT2D eigenvalue weighted by atomic mass is 10.1. The summed E-state index contributed by atoms with van der Waals surface area (Å²) in [7, 11) is -2.84. The number of hydrogen-bond donors (Lipinski definition) is 2. The first-order chi connectivity index (χ1) is 11.9. The highest BCUT2D eigenvalue weighted by Crippen LogP contribution is 2.11. The fourth-order valence-corrected chi connectivity index (χ4v) is 4.24. The molecule has 0 aromatic carbocycles. The quantitative estimate of drug-likeness (QED) is 0.305. The van der Waals surface area contributed by atoms with Crippen LogP contribution in [-0.2, 0) is 14.6 Å². The topological polar surface area (TPSA) is 117 Å². The number of carbonyl (C=O) groups excluding carboxylic acids is 1. The van der Waals surface area contributed by atoms with E-state index in [2.05, 4.69) is 15.2 Å². The van der Waals surface area contributed by atoms with Crippen molar-refractivity contribution < 1.29 is 17.9 Å².